The van der Waals surface area contributed by atoms with Gasteiger partial charge in [-0.25, -0.2) is 0 Å². The molecule has 0 amide bonds. The lowest BCUT2D eigenvalue weighted by atomic mass is 9.98. The first-order valence-electron chi connectivity index (χ1n) is 5.20. The Morgan fingerprint density at radius 1 is 1.08 bits per heavy atom. The van der Waals surface area contributed by atoms with Gasteiger partial charge in [0.05, 0.1) is 0 Å². The molecule has 0 radical (unpaired) electrons. The van der Waals surface area contributed by atoms with Gasteiger partial charge in [0, 0.05) is 4.83 Å². The Labute approximate surface area is 86.3 Å². The highest BCUT2D eigenvalue weighted by Crippen LogP contribution is 2.21. The summed E-state index contributed by atoms with van der Waals surface area (Å²) in [6.07, 6.45) is 5.35. The summed E-state index contributed by atoms with van der Waals surface area (Å²) < 4.78 is 0. The summed E-state index contributed by atoms with van der Waals surface area (Å²) in [6, 6.07) is 0. The van der Waals surface area contributed by atoms with E-state index in [-0.39, 0.29) is 0 Å². The van der Waals surface area contributed by atoms with Gasteiger partial charge in [0.25, 0.3) is 0 Å². The van der Waals surface area contributed by atoms with E-state index in [2.05, 4.69) is 43.6 Å². The van der Waals surface area contributed by atoms with E-state index < -0.39 is 0 Å². The van der Waals surface area contributed by atoms with E-state index in [1.165, 1.54) is 25.7 Å². The van der Waals surface area contributed by atoms with Crippen LogP contribution in [-0.4, -0.2) is 4.83 Å². The zero-order valence-electron chi connectivity index (χ0n) is 8.94. The molecule has 0 heterocycles. The predicted octanol–water partition coefficient (Wildman–Crippen LogP) is 4.62. The van der Waals surface area contributed by atoms with Crippen molar-refractivity contribution in [3.05, 3.63) is 0 Å². The summed E-state index contributed by atoms with van der Waals surface area (Å²) in [4.78, 5) is 0.742. The maximum absolute atomic E-state index is 3.74. The summed E-state index contributed by atoms with van der Waals surface area (Å²) in [7, 11) is 0. The molecule has 12 heavy (non-hydrogen) atoms. The van der Waals surface area contributed by atoms with Crippen molar-refractivity contribution >= 4 is 15.9 Å². The minimum Gasteiger partial charge on any atom is -0.0891 e. The zero-order valence-corrected chi connectivity index (χ0v) is 10.5. The van der Waals surface area contributed by atoms with E-state index in [0.717, 1.165) is 16.7 Å². The Morgan fingerprint density at radius 2 is 1.67 bits per heavy atom. The topological polar surface area (TPSA) is 0 Å². The van der Waals surface area contributed by atoms with Gasteiger partial charge in [0.1, 0.15) is 0 Å². The SMILES string of the molecule is CCC(C)CCC(Br)CC(C)C. The van der Waals surface area contributed by atoms with Crippen molar-refractivity contribution in [2.24, 2.45) is 11.8 Å². The van der Waals surface area contributed by atoms with Crippen LogP contribution in [0.15, 0.2) is 0 Å². The van der Waals surface area contributed by atoms with Crippen LogP contribution in [0, 0.1) is 11.8 Å². The highest BCUT2D eigenvalue weighted by Gasteiger charge is 2.08. The van der Waals surface area contributed by atoms with Gasteiger partial charge < -0.3 is 0 Å². The molecule has 0 N–H and O–H groups in total. The van der Waals surface area contributed by atoms with Crippen molar-refractivity contribution in [1.29, 1.82) is 0 Å². The van der Waals surface area contributed by atoms with E-state index in [4.69, 9.17) is 0 Å². The molecule has 0 aromatic carbocycles. The average molecular weight is 235 g/mol. The fourth-order valence-electron chi connectivity index (χ4n) is 1.30. The highest BCUT2D eigenvalue weighted by molar-refractivity contribution is 9.09. The van der Waals surface area contributed by atoms with Crippen molar-refractivity contribution in [2.75, 3.05) is 0 Å². The number of alkyl halides is 1. The van der Waals surface area contributed by atoms with Gasteiger partial charge in [0.15, 0.2) is 0 Å². The molecule has 0 aliphatic carbocycles. The molecule has 0 saturated heterocycles. The van der Waals surface area contributed by atoms with Crippen LogP contribution in [0.25, 0.3) is 0 Å². The highest BCUT2D eigenvalue weighted by atomic mass is 79.9. The molecule has 2 atom stereocenters. The Kier molecular flexibility index (Phi) is 7.22. The molecule has 0 bridgehead atoms. The minimum absolute atomic E-state index is 0.742. The third-order valence-electron chi connectivity index (χ3n) is 2.40. The van der Waals surface area contributed by atoms with E-state index in [1.54, 1.807) is 0 Å². The summed E-state index contributed by atoms with van der Waals surface area (Å²) >= 11 is 3.74. The Balaban J connectivity index is 3.36. The molecule has 0 rings (SSSR count). The Bertz CT molecular complexity index is 99.2. The Morgan fingerprint density at radius 3 is 2.08 bits per heavy atom. The van der Waals surface area contributed by atoms with Gasteiger partial charge in [-0.3, -0.25) is 0 Å². The fraction of sp³-hybridized carbons (Fsp3) is 1.00. The fourth-order valence-corrected chi connectivity index (χ4v) is 2.31. The van der Waals surface area contributed by atoms with Crippen molar-refractivity contribution in [2.45, 2.75) is 58.2 Å². The first-order chi connectivity index (χ1) is 5.56. The number of hydrogen-bond acceptors (Lipinski definition) is 0. The molecule has 0 aromatic heterocycles. The van der Waals surface area contributed by atoms with Gasteiger partial charge in [0.2, 0.25) is 0 Å². The maximum Gasteiger partial charge on any atom is 0.0148 e. The second kappa shape index (κ2) is 6.94. The van der Waals surface area contributed by atoms with Crippen LogP contribution < -0.4 is 0 Å². The first kappa shape index (κ1) is 12.5. The third kappa shape index (κ3) is 7.15. The van der Waals surface area contributed by atoms with Crippen molar-refractivity contribution in [1.82, 2.24) is 0 Å². The van der Waals surface area contributed by atoms with Gasteiger partial charge in [-0.05, 0) is 31.1 Å². The van der Waals surface area contributed by atoms with Crippen molar-refractivity contribution < 1.29 is 0 Å². The van der Waals surface area contributed by atoms with Crippen LogP contribution in [0.5, 0.6) is 0 Å². The van der Waals surface area contributed by atoms with E-state index in [1.807, 2.05) is 0 Å². The van der Waals surface area contributed by atoms with Crippen LogP contribution in [0.1, 0.15) is 53.4 Å². The second-order valence-electron chi connectivity index (χ2n) is 4.32. The predicted molar refractivity (Wildman–Crippen MR) is 60.9 cm³/mol. The van der Waals surface area contributed by atoms with Gasteiger partial charge in [-0.2, -0.15) is 0 Å². The molecular formula is C11H23Br. The van der Waals surface area contributed by atoms with E-state index in [0.29, 0.717) is 0 Å². The lowest BCUT2D eigenvalue weighted by Gasteiger charge is -2.14. The molecule has 2 unspecified atom stereocenters. The average Bonchev–Trinajstić information content (AvgIpc) is 1.99. The molecule has 74 valence electrons. The molecule has 0 nitrogen and oxygen atoms in total. The van der Waals surface area contributed by atoms with Gasteiger partial charge in [-0.1, -0.05) is 50.0 Å². The van der Waals surface area contributed by atoms with E-state index in [9.17, 15) is 0 Å². The van der Waals surface area contributed by atoms with Gasteiger partial charge in [-0.15, -0.1) is 0 Å². The smallest absolute Gasteiger partial charge is 0.0148 e. The molecule has 0 aromatic rings. The summed E-state index contributed by atoms with van der Waals surface area (Å²) in [6.45, 7) is 9.19. The third-order valence-corrected chi connectivity index (χ3v) is 3.23. The van der Waals surface area contributed by atoms with Gasteiger partial charge >= 0.3 is 0 Å². The van der Waals surface area contributed by atoms with Crippen LogP contribution in [0.3, 0.4) is 0 Å². The molecular weight excluding hydrogens is 212 g/mol. The first-order valence-corrected chi connectivity index (χ1v) is 6.11. The number of hydrogen-bond donors (Lipinski definition) is 0. The molecule has 1 heteroatoms. The van der Waals surface area contributed by atoms with Crippen molar-refractivity contribution in [3.8, 4) is 0 Å². The number of halogens is 1. The normalized spacial score (nSPS) is 16.5. The molecule has 0 saturated carbocycles. The molecule has 0 spiro atoms. The van der Waals surface area contributed by atoms with Crippen molar-refractivity contribution in [3.63, 3.8) is 0 Å². The van der Waals surface area contributed by atoms with Crippen LogP contribution in [-0.2, 0) is 0 Å². The summed E-state index contributed by atoms with van der Waals surface area (Å²) in [5, 5.41) is 0. The molecule has 0 aliphatic rings. The monoisotopic (exact) mass is 234 g/mol. The van der Waals surface area contributed by atoms with Crippen LogP contribution >= 0.6 is 15.9 Å². The molecule has 0 fully saturated rings. The maximum atomic E-state index is 3.74. The van der Waals surface area contributed by atoms with Crippen LogP contribution in [0.2, 0.25) is 0 Å². The Hall–Kier alpha value is 0.480. The second-order valence-corrected chi connectivity index (χ2v) is 5.61. The standard InChI is InChI=1S/C11H23Br/c1-5-10(4)6-7-11(12)8-9(2)3/h9-11H,5-8H2,1-4H3. The van der Waals surface area contributed by atoms with E-state index >= 15 is 0 Å². The van der Waals surface area contributed by atoms with Crippen LogP contribution in [0.4, 0.5) is 0 Å². The quantitative estimate of drug-likeness (QED) is 0.589. The summed E-state index contributed by atoms with van der Waals surface area (Å²) in [5.74, 6) is 1.73. The lowest BCUT2D eigenvalue weighted by Crippen LogP contribution is -2.05. The summed E-state index contributed by atoms with van der Waals surface area (Å²) in [5.41, 5.74) is 0. The minimum atomic E-state index is 0.742. The zero-order chi connectivity index (χ0) is 9.56. The molecule has 0 aliphatic heterocycles. The number of rotatable bonds is 6. The lowest BCUT2D eigenvalue weighted by molar-refractivity contribution is 0.464. The largest absolute Gasteiger partial charge is 0.0891 e.